The van der Waals surface area contributed by atoms with E-state index in [1.165, 1.54) is 0 Å². The second-order valence-corrected chi connectivity index (χ2v) is 6.23. The summed E-state index contributed by atoms with van der Waals surface area (Å²) in [6.07, 6.45) is 2.62. The molecule has 2 aliphatic rings. The molecular weight excluding hydrogens is 244 g/mol. The van der Waals surface area contributed by atoms with E-state index in [0.717, 1.165) is 19.4 Å². The number of hydrogen-bond acceptors (Lipinski definition) is 4. The zero-order valence-electron chi connectivity index (χ0n) is 12.2. The number of hydrogen-bond donors (Lipinski definition) is 2. The summed E-state index contributed by atoms with van der Waals surface area (Å²) in [5, 5.41) is 3.04. The lowest BCUT2D eigenvalue weighted by Crippen LogP contribution is -2.76. The van der Waals surface area contributed by atoms with Gasteiger partial charge in [-0.1, -0.05) is 13.8 Å². The number of amides is 1. The lowest BCUT2D eigenvalue weighted by molar-refractivity contribution is -0.171. The van der Waals surface area contributed by atoms with Gasteiger partial charge in [-0.05, 0) is 19.8 Å². The van der Waals surface area contributed by atoms with Gasteiger partial charge in [-0.25, -0.2) is 0 Å². The molecule has 2 fully saturated rings. The Morgan fingerprint density at radius 2 is 2.26 bits per heavy atom. The molecule has 0 aromatic rings. The molecular formula is C14H26N2O3. The predicted octanol–water partition coefficient (Wildman–Crippen LogP) is 0.814. The molecule has 5 nitrogen and oxygen atoms in total. The number of nitrogens with one attached hydrogen (secondary N) is 1. The first-order chi connectivity index (χ1) is 8.91. The quantitative estimate of drug-likeness (QED) is 0.793. The number of nitrogens with two attached hydrogens (primary N) is 1. The number of rotatable bonds is 4. The number of carbonyl (C=O) groups is 1. The second kappa shape index (κ2) is 5.38. The summed E-state index contributed by atoms with van der Waals surface area (Å²) in [5.41, 5.74) is 5.17. The molecule has 0 radical (unpaired) electrons. The Morgan fingerprint density at radius 1 is 1.53 bits per heavy atom. The highest BCUT2D eigenvalue weighted by molar-refractivity contribution is 5.89. The van der Waals surface area contributed by atoms with E-state index < -0.39 is 5.54 Å². The summed E-state index contributed by atoms with van der Waals surface area (Å²) in [7, 11) is 0. The molecule has 1 aliphatic heterocycles. The van der Waals surface area contributed by atoms with Gasteiger partial charge < -0.3 is 20.5 Å². The van der Waals surface area contributed by atoms with E-state index in [1.807, 2.05) is 20.8 Å². The van der Waals surface area contributed by atoms with Crippen molar-refractivity contribution in [2.24, 2.45) is 11.1 Å². The number of ether oxygens (including phenoxy) is 2. The van der Waals surface area contributed by atoms with Gasteiger partial charge in [-0.15, -0.1) is 0 Å². The summed E-state index contributed by atoms with van der Waals surface area (Å²) in [6, 6.07) is 0.101. The molecule has 1 saturated heterocycles. The smallest absolute Gasteiger partial charge is 0.241 e. The minimum Gasteiger partial charge on any atom is -0.379 e. The molecule has 0 aromatic heterocycles. The predicted molar refractivity (Wildman–Crippen MR) is 72.7 cm³/mol. The maximum Gasteiger partial charge on any atom is 0.241 e. The Labute approximate surface area is 115 Å². The van der Waals surface area contributed by atoms with Crippen LogP contribution in [0.3, 0.4) is 0 Å². The summed E-state index contributed by atoms with van der Waals surface area (Å²) in [5.74, 6) is -0.0658. The Hall–Kier alpha value is -0.650. The van der Waals surface area contributed by atoms with Gasteiger partial charge >= 0.3 is 0 Å². The van der Waals surface area contributed by atoms with Crippen molar-refractivity contribution in [2.45, 2.75) is 57.7 Å². The van der Waals surface area contributed by atoms with E-state index in [-0.39, 0.29) is 23.5 Å². The highest BCUT2D eigenvalue weighted by atomic mass is 16.5. The molecule has 5 heteroatoms. The van der Waals surface area contributed by atoms with E-state index in [9.17, 15) is 4.79 Å². The third-order valence-electron chi connectivity index (χ3n) is 4.73. The van der Waals surface area contributed by atoms with Crippen molar-refractivity contribution < 1.29 is 14.3 Å². The van der Waals surface area contributed by atoms with Gasteiger partial charge in [0.05, 0.1) is 18.8 Å². The van der Waals surface area contributed by atoms with Gasteiger partial charge in [0.2, 0.25) is 5.91 Å². The van der Waals surface area contributed by atoms with Crippen LogP contribution in [0.15, 0.2) is 0 Å². The summed E-state index contributed by atoms with van der Waals surface area (Å²) < 4.78 is 11.0. The fraction of sp³-hybridized carbons (Fsp3) is 0.929. The normalized spacial score (nSPS) is 37.5. The molecule has 1 amide bonds. The third-order valence-corrected chi connectivity index (χ3v) is 4.73. The Morgan fingerprint density at radius 3 is 2.79 bits per heavy atom. The first kappa shape index (κ1) is 14.8. The molecule has 3 unspecified atom stereocenters. The molecule has 0 aromatic carbocycles. The molecule has 3 N–H and O–H groups in total. The molecule has 0 spiro atoms. The fourth-order valence-corrected chi connectivity index (χ4v) is 2.99. The van der Waals surface area contributed by atoms with Crippen LogP contribution in [0.25, 0.3) is 0 Å². The van der Waals surface area contributed by atoms with E-state index in [2.05, 4.69) is 5.32 Å². The van der Waals surface area contributed by atoms with Crippen molar-refractivity contribution in [3.8, 4) is 0 Å². The van der Waals surface area contributed by atoms with Crippen molar-refractivity contribution in [1.82, 2.24) is 5.32 Å². The molecule has 0 bridgehead atoms. The van der Waals surface area contributed by atoms with Crippen LogP contribution in [0.2, 0.25) is 0 Å². The lowest BCUT2D eigenvalue weighted by Gasteiger charge is -2.57. The Balaban J connectivity index is 1.95. The van der Waals surface area contributed by atoms with Gasteiger partial charge in [0.1, 0.15) is 5.54 Å². The second-order valence-electron chi connectivity index (χ2n) is 6.23. The highest BCUT2D eigenvalue weighted by Crippen LogP contribution is 2.49. The van der Waals surface area contributed by atoms with E-state index in [4.69, 9.17) is 15.2 Å². The Bertz CT molecular complexity index is 340. The van der Waals surface area contributed by atoms with Gasteiger partial charge in [0.25, 0.3) is 0 Å². The molecule has 1 heterocycles. The van der Waals surface area contributed by atoms with Crippen molar-refractivity contribution in [1.29, 1.82) is 0 Å². The monoisotopic (exact) mass is 270 g/mol. The third kappa shape index (κ3) is 2.51. The maximum atomic E-state index is 12.4. The standard InChI is InChI=1S/C14H26N2O3/c1-4-19-11-8-14(15,13(11,2)3)12(17)16-10-6-5-7-18-9-10/h10-11H,4-9,15H2,1-3H3,(H,16,17). The first-order valence-electron chi connectivity index (χ1n) is 7.21. The molecule has 1 aliphatic carbocycles. The topological polar surface area (TPSA) is 73.6 Å². The van der Waals surface area contributed by atoms with Crippen LogP contribution in [-0.2, 0) is 14.3 Å². The van der Waals surface area contributed by atoms with Crippen LogP contribution >= 0.6 is 0 Å². The van der Waals surface area contributed by atoms with E-state index >= 15 is 0 Å². The minimum absolute atomic E-state index is 0.0656. The van der Waals surface area contributed by atoms with Gasteiger partial charge in [-0.3, -0.25) is 4.79 Å². The minimum atomic E-state index is -0.829. The maximum absolute atomic E-state index is 12.4. The van der Waals surface area contributed by atoms with Gasteiger partial charge in [0, 0.05) is 25.0 Å². The average Bonchev–Trinajstić information content (AvgIpc) is 2.39. The van der Waals surface area contributed by atoms with Crippen LogP contribution in [0.5, 0.6) is 0 Å². The first-order valence-corrected chi connectivity index (χ1v) is 7.21. The lowest BCUT2D eigenvalue weighted by atomic mass is 9.54. The van der Waals surface area contributed by atoms with E-state index in [0.29, 0.717) is 19.6 Å². The van der Waals surface area contributed by atoms with Gasteiger partial charge in [-0.2, -0.15) is 0 Å². The fourth-order valence-electron chi connectivity index (χ4n) is 2.99. The SMILES string of the molecule is CCOC1CC(N)(C(=O)NC2CCCOC2)C1(C)C. The summed E-state index contributed by atoms with van der Waals surface area (Å²) >= 11 is 0. The molecule has 2 rings (SSSR count). The largest absolute Gasteiger partial charge is 0.379 e. The zero-order chi connectivity index (χ0) is 14.1. The van der Waals surface area contributed by atoms with Crippen LogP contribution in [0.1, 0.15) is 40.0 Å². The Kier molecular flexibility index (Phi) is 4.18. The summed E-state index contributed by atoms with van der Waals surface area (Å²) in [4.78, 5) is 12.4. The van der Waals surface area contributed by atoms with Crippen LogP contribution in [0.4, 0.5) is 0 Å². The molecule has 19 heavy (non-hydrogen) atoms. The van der Waals surface area contributed by atoms with Gasteiger partial charge in [0.15, 0.2) is 0 Å². The molecule has 3 atom stereocenters. The number of carbonyl (C=O) groups excluding carboxylic acids is 1. The van der Waals surface area contributed by atoms with Crippen LogP contribution < -0.4 is 11.1 Å². The van der Waals surface area contributed by atoms with Crippen molar-refractivity contribution in [2.75, 3.05) is 19.8 Å². The van der Waals surface area contributed by atoms with Crippen molar-refractivity contribution >= 4 is 5.91 Å². The zero-order valence-corrected chi connectivity index (χ0v) is 12.2. The average molecular weight is 270 g/mol. The highest BCUT2D eigenvalue weighted by Gasteiger charge is 2.63. The molecule has 1 saturated carbocycles. The molecule has 110 valence electrons. The van der Waals surface area contributed by atoms with Crippen LogP contribution in [-0.4, -0.2) is 43.4 Å². The van der Waals surface area contributed by atoms with E-state index in [1.54, 1.807) is 0 Å². The van der Waals surface area contributed by atoms with Crippen molar-refractivity contribution in [3.63, 3.8) is 0 Å². The van der Waals surface area contributed by atoms with Crippen molar-refractivity contribution in [3.05, 3.63) is 0 Å². The van der Waals surface area contributed by atoms with Crippen LogP contribution in [0, 0.1) is 5.41 Å². The summed E-state index contributed by atoms with van der Waals surface area (Å²) in [6.45, 7) is 8.02.